The minimum absolute atomic E-state index is 0. The fraction of sp³-hybridized carbons (Fsp3) is 0.419. The Morgan fingerprint density at radius 3 is 2.05 bits per heavy atom. The van der Waals surface area contributed by atoms with Crippen molar-refractivity contribution in [2.75, 3.05) is 13.6 Å². The number of halogens is 1. The average molecular weight is 796 g/mol. The van der Waals surface area contributed by atoms with Gasteiger partial charge in [-0.25, -0.2) is 4.99 Å². The largest absolute Gasteiger partial charge is 2.00 e. The number of nitrogens with zero attached hydrogens (tertiary/aromatic N) is 2. The summed E-state index contributed by atoms with van der Waals surface area (Å²) in [5, 5.41) is 0. The van der Waals surface area contributed by atoms with Gasteiger partial charge in [0.05, 0.1) is 11.8 Å². The summed E-state index contributed by atoms with van der Waals surface area (Å²) < 4.78 is 0.998. The van der Waals surface area contributed by atoms with Gasteiger partial charge in [-0.1, -0.05) is 71.8 Å². The van der Waals surface area contributed by atoms with Gasteiger partial charge in [0.25, 0.3) is 0 Å². The van der Waals surface area contributed by atoms with Gasteiger partial charge in [0.1, 0.15) is 5.82 Å². The number of rotatable bonds is 4. The Morgan fingerprint density at radius 2 is 1.68 bits per heavy atom. The first-order valence-electron chi connectivity index (χ1n) is 13.0. The number of nitrogens with two attached hydrogens (primary N) is 2. The summed E-state index contributed by atoms with van der Waals surface area (Å²) in [6.45, 7) is 19.2. The molecule has 4 N–H and O–H groups in total. The Bertz CT molecular complexity index is 861. The first-order valence-corrected chi connectivity index (χ1v) is 13.8. The van der Waals surface area contributed by atoms with Gasteiger partial charge in [0.15, 0.2) is 0 Å². The van der Waals surface area contributed by atoms with E-state index < -0.39 is 0 Å². The Labute approximate surface area is 260 Å². The van der Waals surface area contributed by atoms with Crippen LogP contribution in [0.3, 0.4) is 0 Å². The van der Waals surface area contributed by atoms with E-state index in [1.54, 1.807) is 6.08 Å². The van der Waals surface area contributed by atoms with Gasteiger partial charge in [0.2, 0.25) is 0 Å². The predicted molar refractivity (Wildman–Crippen MR) is 165 cm³/mol. The van der Waals surface area contributed by atoms with Crippen LogP contribution in [0, 0.1) is 50.0 Å². The number of hydrogen-bond acceptors (Lipinski definition) is 4. The van der Waals surface area contributed by atoms with Crippen molar-refractivity contribution in [3.05, 3.63) is 101 Å². The smallest absolute Gasteiger partial charge is 0.405 e. The van der Waals surface area contributed by atoms with E-state index in [1.807, 2.05) is 89.3 Å². The molecule has 0 spiro atoms. The van der Waals surface area contributed by atoms with Crippen molar-refractivity contribution in [3.63, 3.8) is 0 Å². The summed E-state index contributed by atoms with van der Waals surface area (Å²) >= 11 is 3.42. The van der Waals surface area contributed by atoms with Crippen molar-refractivity contribution >= 4 is 21.6 Å². The Kier molecular flexibility index (Phi) is 28.3. The van der Waals surface area contributed by atoms with Crippen LogP contribution in [0.25, 0.3) is 0 Å². The summed E-state index contributed by atoms with van der Waals surface area (Å²) in [4.78, 5) is 6.56. The van der Waals surface area contributed by atoms with E-state index in [9.17, 15) is 0 Å². The maximum absolute atomic E-state index is 5.84. The zero-order valence-electron chi connectivity index (χ0n) is 24.3. The molecule has 2 aromatic rings. The van der Waals surface area contributed by atoms with Crippen LogP contribution in [0.5, 0.6) is 0 Å². The summed E-state index contributed by atoms with van der Waals surface area (Å²) in [6.07, 6.45) is 7.82. The monoisotopic (exact) mass is 794 g/mol. The first-order chi connectivity index (χ1) is 17.3. The molecule has 0 bridgehead atoms. The van der Waals surface area contributed by atoms with Gasteiger partial charge in [-0.15, -0.1) is 33.6 Å². The minimum Gasteiger partial charge on any atom is -0.405 e. The Hall–Kier alpha value is -1.45. The molecule has 37 heavy (non-hydrogen) atoms. The molecule has 0 radical (unpaired) electrons. The summed E-state index contributed by atoms with van der Waals surface area (Å²) in [6, 6.07) is 19.0. The van der Waals surface area contributed by atoms with Crippen LogP contribution in [0.1, 0.15) is 78.5 Å². The standard InChI is InChI=1S/C14H16BrN4.C7H7.C6H14.2C2H6.U/c1-19-9-7-13(17)18-12(6-8-16)14(19)10-2-4-11(15)5-3-10;1-7-5-3-2-4-6-7;1-4-6(3)5-2;2*1-2;/h2,4-8,14H,9,16-17H2,1H3;2-6H,1H2;6H,4-5H2,1-3H3;2*1-2H3;/q2*-1;;;;+2/b8-6-;;;;;. The van der Waals surface area contributed by atoms with Crippen LogP contribution < -0.4 is 11.5 Å². The fourth-order valence-corrected chi connectivity index (χ4v) is 3.05. The molecule has 204 valence electrons. The van der Waals surface area contributed by atoms with Gasteiger partial charge >= 0.3 is 31.1 Å². The molecule has 6 heteroatoms. The minimum atomic E-state index is -0.00907. The number of hydrogen-bond donors (Lipinski definition) is 2. The molecule has 0 fully saturated rings. The van der Waals surface area contributed by atoms with Gasteiger partial charge < -0.3 is 11.5 Å². The van der Waals surface area contributed by atoms with Crippen molar-refractivity contribution in [3.8, 4) is 0 Å². The third kappa shape index (κ3) is 18.4. The van der Waals surface area contributed by atoms with Crippen LogP contribution in [0.2, 0.25) is 0 Å². The average Bonchev–Trinajstić information content (AvgIpc) is 3.05. The van der Waals surface area contributed by atoms with Crippen molar-refractivity contribution in [1.82, 2.24) is 4.90 Å². The molecule has 1 aliphatic rings. The Morgan fingerprint density at radius 1 is 1.11 bits per heavy atom. The normalized spacial score (nSPS) is 14.4. The van der Waals surface area contributed by atoms with Crippen LogP contribution in [0.15, 0.2) is 82.2 Å². The fourth-order valence-electron chi connectivity index (χ4n) is 2.80. The molecule has 1 aliphatic heterocycles. The Balaban J connectivity index is -0.000000531. The van der Waals surface area contributed by atoms with Crippen molar-refractivity contribution in [2.24, 2.45) is 22.4 Å². The zero-order valence-corrected chi connectivity index (χ0v) is 30.0. The summed E-state index contributed by atoms with van der Waals surface area (Å²) in [5.41, 5.74) is 14.3. The third-order valence-electron chi connectivity index (χ3n) is 5.16. The van der Waals surface area contributed by atoms with Crippen molar-refractivity contribution in [2.45, 2.75) is 67.3 Å². The second-order valence-corrected chi connectivity index (χ2v) is 8.65. The third-order valence-corrected chi connectivity index (χ3v) is 5.66. The van der Waals surface area contributed by atoms with E-state index in [2.05, 4.69) is 59.6 Å². The van der Waals surface area contributed by atoms with Crippen LogP contribution in [-0.2, 0) is 0 Å². The molecular weight excluding hydrogens is 746 g/mol. The van der Waals surface area contributed by atoms with Crippen molar-refractivity contribution in [1.29, 1.82) is 0 Å². The first kappa shape index (κ1) is 40.1. The van der Waals surface area contributed by atoms with E-state index in [0.717, 1.165) is 33.8 Å². The molecule has 0 amide bonds. The molecule has 4 nitrogen and oxygen atoms in total. The molecule has 1 atom stereocenters. The molecule has 1 heterocycles. The number of likely N-dealkylation sites (N-methyl/N-ethyl adjacent to an activating group) is 1. The van der Waals surface area contributed by atoms with Gasteiger partial charge in [-0.05, 0) is 31.3 Å². The van der Waals surface area contributed by atoms with E-state index in [-0.39, 0.29) is 37.2 Å². The van der Waals surface area contributed by atoms with E-state index in [4.69, 9.17) is 11.5 Å². The molecular formula is C31H49BrN4U. The molecule has 0 aliphatic carbocycles. The number of aliphatic imine (C=N–C) groups is 1. The molecule has 0 saturated carbocycles. The van der Waals surface area contributed by atoms with E-state index >= 15 is 0 Å². The van der Waals surface area contributed by atoms with E-state index in [0.29, 0.717) is 5.82 Å². The molecule has 0 aromatic heterocycles. The SMILES string of the molecule is CC.CC.CCC(C)CC.CN1CC=C(N)N=C(/C=C\N)C1c1[c-]cc(Br)cc1.[CH2-]c1ccccc1.[U+2]. The van der Waals surface area contributed by atoms with E-state index in [1.165, 1.54) is 19.0 Å². The van der Waals surface area contributed by atoms with Crippen molar-refractivity contribution < 1.29 is 31.1 Å². The second kappa shape index (κ2) is 26.2. The maximum atomic E-state index is 5.84. The quantitative estimate of drug-likeness (QED) is 0.306. The molecule has 1 unspecified atom stereocenters. The van der Waals surface area contributed by atoms with Crippen LogP contribution in [-0.4, -0.2) is 24.2 Å². The van der Waals surface area contributed by atoms with Gasteiger partial charge in [-0.3, -0.25) is 4.90 Å². The zero-order chi connectivity index (χ0) is 27.9. The second-order valence-electron chi connectivity index (χ2n) is 7.74. The summed E-state index contributed by atoms with van der Waals surface area (Å²) in [5.74, 6) is 1.45. The van der Waals surface area contributed by atoms with Crippen LogP contribution in [0.4, 0.5) is 0 Å². The topological polar surface area (TPSA) is 67.6 Å². The summed E-state index contributed by atoms with van der Waals surface area (Å²) in [7, 11) is 2.02. The van der Waals surface area contributed by atoms with Gasteiger partial charge in [-0.2, -0.15) is 48.9 Å². The number of benzene rings is 2. The molecule has 3 rings (SSSR count). The van der Waals surface area contributed by atoms with Crippen LogP contribution >= 0.6 is 15.9 Å². The maximum Gasteiger partial charge on any atom is 2.00 e. The van der Waals surface area contributed by atoms with Gasteiger partial charge in [0, 0.05) is 6.54 Å². The molecule has 2 aromatic carbocycles. The predicted octanol–water partition coefficient (Wildman–Crippen LogP) is 8.31. The molecule has 0 saturated heterocycles.